The molecular weight excluding hydrogens is 254 g/mol. The van der Waals surface area contributed by atoms with Gasteiger partial charge in [0.05, 0.1) is 6.04 Å². The number of rotatable bonds is 2. The van der Waals surface area contributed by atoms with Crippen molar-refractivity contribution >= 4 is 28.8 Å². The maximum absolute atomic E-state index is 6.01. The largest absolute Gasteiger partial charge is 0.361 e. The summed E-state index contributed by atoms with van der Waals surface area (Å²) in [5.74, 6) is 0.679. The number of thiophene rings is 1. The summed E-state index contributed by atoms with van der Waals surface area (Å²) in [4.78, 5) is 9.74. The molecule has 2 heterocycles. The molecule has 0 saturated heterocycles. The van der Waals surface area contributed by atoms with E-state index in [-0.39, 0.29) is 0 Å². The minimum absolute atomic E-state index is 0.319. The van der Waals surface area contributed by atoms with Crippen LogP contribution in [-0.2, 0) is 6.42 Å². The predicted octanol–water partition coefficient (Wildman–Crippen LogP) is 3.68. The monoisotopic (exact) mass is 265 g/mol. The standard InChI is InChI=1S/C12H12ClN3S/c13-11-12(15-6-5-14-11)16-9-2-1-3-10-8(9)4-7-17-10/h4-7,9H,1-3H2,(H,15,16). The fraction of sp³-hybridized carbons (Fsp3) is 0.333. The van der Waals surface area contributed by atoms with Crippen LogP contribution >= 0.6 is 22.9 Å². The van der Waals surface area contributed by atoms with E-state index in [1.54, 1.807) is 12.4 Å². The molecule has 0 aliphatic heterocycles. The highest BCUT2D eigenvalue weighted by Crippen LogP contribution is 2.35. The highest BCUT2D eigenvalue weighted by molar-refractivity contribution is 7.10. The molecule has 0 aromatic carbocycles. The molecule has 1 atom stereocenters. The van der Waals surface area contributed by atoms with Gasteiger partial charge in [0.2, 0.25) is 0 Å². The van der Waals surface area contributed by atoms with Gasteiger partial charge in [0.1, 0.15) is 0 Å². The van der Waals surface area contributed by atoms with Crippen molar-refractivity contribution in [2.45, 2.75) is 25.3 Å². The predicted molar refractivity (Wildman–Crippen MR) is 70.7 cm³/mol. The number of aromatic nitrogens is 2. The average molecular weight is 266 g/mol. The molecule has 0 saturated carbocycles. The number of anilines is 1. The molecule has 3 rings (SSSR count). The van der Waals surface area contributed by atoms with E-state index >= 15 is 0 Å². The minimum atomic E-state index is 0.319. The Balaban J connectivity index is 1.86. The van der Waals surface area contributed by atoms with E-state index in [4.69, 9.17) is 11.6 Å². The van der Waals surface area contributed by atoms with Crippen molar-refractivity contribution in [3.05, 3.63) is 39.4 Å². The van der Waals surface area contributed by atoms with Crippen LogP contribution < -0.4 is 5.32 Å². The van der Waals surface area contributed by atoms with E-state index in [0.717, 1.165) is 6.42 Å². The molecule has 17 heavy (non-hydrogen) atoms. The molecule has 0 spiro atoms. The Morgan fingerprint density at radius 1 is 1.35 bits per heavy atom. The van der Waals surface area contributed by atoms with Crippen LogP contribution in [0.15, 0.2) is 23.8 Å². The highest BCUT2D eigenvalue weighted by atomic mass is 35.5. The SMILES string of the molecule is Clc1nccnc1NC1CCCc2sccc21. The molecule has 0 amide bonds. The first-order chi connectivity index (χ1) is 8.34. The molecule has 1 N–H and O–H groups in total. The van der Waals surface area contributed by atoms with Crippen molar-refractivity contribution in [1.29, 1.82) is 0 Å². The van der Waals surface area contributed by atoms with E-state index in [0.29, 0.717) is 17.0 Å². The van der Waals surface area contributed by atoms with Crippen LogP contribution in [0.2, 0.25) is 5.15 Å². The van der Waals surface area contributed by atoms with Gasteiger partial charge in [-0.25, -0.2) is 9.97 Å². The second-order valence-electron chi connectivity index (χ2n) is 4.08. The summed E-state index contributed by atoms with van der Waals surface area (Å²) in [6.45, 7) is 0. The lowest BCUT2D eigenvalue weighted by Gasteiger charge is -2.24. The fourth-order valence-corrected chi connectivity index (χ4v) is 3.37. The van der Waals surface area contributed by atoms with E-state index in [1.807, 2.05) is 11.3 Å². The summed E-state index contributed by atoms with van der Waals surface area (Å²) in [6, 6.07) is 2.51. The molecule has 2 aromatic heterocycles. The third kappa shape index (κ3) is 2.15. The fourth-order valence-electron chi connectivity index (χ4n) is 2.22. The Morgan fingerprint density at radius 2 is 2.24 bits per heavy atom. The van der Waals surface area contributed by atoms with Gasteiger partial charge in [-0.1, -0.05) is 11.6 Å². The third-order valence-electron chi connectivity index (χ3n) is 3.02. The molecule has 0 radical (unpaired) electrons. The van der Waals surface area contributed by atoms with E-state index in [9.17, 15) is 0 Å². The maximum atomic E-state index is 6.01. The van der Waals surface area contributed by atoms with Crippen LogP contribution in [0, 0.1) is 0 Å². The Labute approximate surface area is 109 Å². The zero-order valence-corrected chi connectivity index (χ0v) is 10.8. The summed E-state index contributed by atoms with van der Waals surface area (Å²) in [7, 11) is 0. The quantitative estimate of drug-likeness (QED) is 0.900. The van der Waals surface area contributed by atoms with Crippen LogP contribution in [0.4, 0.5) is 5.82 Å². The second-order valence-corrected chi connectivity index (χ2v) is 5.44. The molecule has 1 aliphatic rings. The van der Waals surface area contributed by atoms with Gasteiger partial charge in [0.15, 0.2) is 11.0 Å². The minimum Gasteiger partial charge on any atom is -0.361 e. The van der Waals surface area contributed by atoms with Crippen LogP contribution in [0.25, 0.3) is 0 Å². The molecule has 5 heteroatoms. The molecule has 2 aromatic rings. The van der Waals surface area contributed by atoms with Gasteiger partial charge in [0.25, 0.3) is 0 Å². The molecule has 1 unspecified atom stereocenters. The molecule has 1 aliphatic carbocycles. The topological polar surface area (TPSA) is 37.8 Å². The van der Waals surface area contributed by atoms with Crippen LogP contribution in [0.1, 0.15) is 29.3 Å². The van der Waals surface area contributed by atoms with Gasteiger partial charge >= 0.3 is 0 Å². The highest BCUT2D eigenvalue weighted by Gasteiger charge is 2.22. The van der Waals surface area contributed by atoms with Crippen molar-refractivity contribution in [2.75, 3.05) is 5.32 Å². The third-order valence-corrected chi connectivity index (χ3v) is 4.29. The van der Waals surface area contributed by atoms with Crippen molar-refractivity contribution in [2.24, 2.45) is 0 Å². The lowest BCUT2D eigenvalue weighted by molar-refractivity contribution is 0.606. The van der Waals surface area contributed by atoms with Gasteiger partial charge < -0.3 is 5.32 Å². The van der Waals surface area contributed by atoms with Crippen molar-refractivity contribution in [3.8, 4) is 0 Å². The zero-order chi connectivity index (χ0) is 11.7. The lowest BCUT2D eigenvalue weighted by Crippen LogP contribution is -2.16. The Kier molecular flexibility index (Phi) is 2.99. The molecule has 88 valence electrons. The molecule has 3 nitrogen and oxygen atoms in total. The van der Waals surface area contributed by atoms with Gasteiger partial charge in [-0.15, -0.1) is 11.3 Å². The van der Waals surface area contributed by atoms with Gasteiger partial charge in [-0.3, -0.25) is 0 Å². The first-order valence-electron chi connectivity index (χ1n) is 5.64. The van der Waals surface area contributed by atoms with E-state index in [2.05, 4.69) is 26.7 Å². The normalized spacial score (nSPS) is 18.8. The molecule has 0 bridgehead atoms. The Morgan fingerprint density at radius 3 is 3.12 bits per heavy atom. The van der Waals surface area contributed by atoms with Crippen molar-refractivity contribution < 1.29 is 0 Å². The summed E-state index contributed by atoms with van der Waals surface area (Å²) in [6.07, 6.45) is 6.79. The first-order valence-corrected chi connectivity index (χ1v) is 6.89. The lowest BCUT2D eigenvalue weighted by atomic mass is 9.94. The number of aryl methyl sites for hydroxylation is 1. The maximum Gasteiger partial charge on any atom is 0.171 e. The number of nitrogens with zero attached hydrogens (tertiary/aromatic N) is 2. The van der Waals surface area contributed by atoms with Gasteiger partial charge in [-0.2, -0.15) is 0 Å². The first kappa shape index (κ1) is 11.0. The second kappa shape index (κ2) is 4.63. The molecular formula is C12H12ClN3S. The summed E-state index contributed by atoms with van der Waals surface area (Å²) < 4.78 is 0. The van der Waals surface area contributed by atoms with E-state index in [1.165, 1.54) is 23.3 Å². The van der Waals surface area contributed by atoms with Gasteiger partial charge in [-0.05, 0) is 36.3 Å². The van der Waals surface area contributed by atoms with Crippen LogP contribution in [0.3, 0.4) is 0 Å². The Bertz CT molecular complexity index is 526. The Hall–Kier alpha value is -1.13. The number of hydrogen-bond acceptors (Lipinski definition) is 4. The summed E-state index contributed by atoms with van der Waals surface area (Å²) in [5, 5.41) is 5.99. The van der Waals surface area contributed by atoms with Crippen LogP contribution in [0.5, 0.6) is 0 Å². The van der Waals surface area contributed by atoms with Crippen molar-refractivity contribution in [1.82, 2.24) is 9.97 Å². The van der Waals surface area contributed by atoms with E-state index < -0.39 is 0 Å². The number of halogens is 1. The summed E-state index contributed by atoms with van der Waals surface area (Å²) in [5.41, 5.74) is 1.39. The number of nitrogens with one attached hydrogen (secondary N) is 1. The smallest absolute Gasteiger partial charge is 0.171 e. The molecule has 0 fully saturated rings. The average Bonchev–Trinajstić information content (AvgIpc) is 2.81. The van der Waals surface area contributed by atoms with Crippen molar-refractivity contribution in [3.63, 3.8) is 0 Å². The number of fused-ring (bicyclic) bond motifs is 1. The van der Waals surface area contributed by atoms with Crippen LogP contribution in [-0.4, -0.2) is 9.97 Å². The summed E-state index contributed by atoms with van der Waals surface area (Å²) >= 11 is 7.85. The number of hydrogen-bond donors (Lipinski definition) is 1. The van der Waals surface area contributed by atoms with Gasteiger partial charge in [0, 0.05) is 17.3 Å². The zero-order valence-electron chi connectivity index (χ0n) is 9.19.